The van der Waals surface area contributed by atoms with E-state index in [0.29, 0.717) is 30.1 Å². The molecule has 63 heavy (non-hydrogen) atoms. The molecule has 4 heterocycles. The Morgan fingerprint density at radius 3 is 2.30 bits per heavy atom. The van der Waals surface area contributed by atoms with Crippen LogP contribution in [-0.4, -0.2) is 128 Å². The van der Waals surface area contributed by atoms with E-state index in [0.717, 1.165) is 32.5 Å². The molecule has 0 radical (unpaired) electrons. The van der Waals surface area contributed by atoms with Gasteiger partial charge in [-0.3, -0.25) is 34.2 Å². The monoisotopic (exact) mass is 902 g/mol. The number of piperidine rings is 2. The number of fused-ring (bicyclic) bond motifs is 2. The average molecular weight is 903 g/mol. The number of hydrogen-bond acceptors (Lipinski definition) is 12. The Balaban J connectivity index is 0.831. The molecule has 334 valence electrons. The highest BCUT2D eigenvalue weighted by Crippen LogP contribution is 2.39. The molecular weight excluding hydrogens is 853 g/mol. The smallest absolute Gasteiger partial charge is 0.266 e. The van der Waals surface area contributed by atoms with Crippen LogP contribution < -0.4 is 21.1 Å². The number of carbonyl (C=O) groups excluding carboxylic acids is 5. The summed E-state index contributed by atoms with van der Waals surface area (Å²) >= 11 is 5.24. The highest BCUT2D eigenvalue weighted by atomic mass is 32.2. The molecule has 0 aliphatic carbocycles. The van der Waals surface area contributed by atoms with Crippen LogP contribution in [0.3, 0.4) is 0 Å². The first-order valence-electron chi connectivity index (χ1n) is 20.7. The van der Waals surface area contributed by atoms with Gasteiger partial charge in [-0.15, -0.1) is 0 Å². The first kappa shape index (κ1) is 45.5. The van der Waals surface area contributed by atoms with E-state index in [2.05, 4.69) is 21.4 Å². The fourth-order valence-electron chi connectivity index (χ4n) is 8.32. The van der Waals surface area contributed by atoms with Gasteiger partial charge in [0, 0.05) is 53.4 Å². The van der Waals surface area contributed by atoms with Crippen LogP contribution in [0.1, 0.15) is 71.3 Å². The molecule has 3 atom stereocenters. The Labute approximate surface area is 370 Å². The maximum atomic E-state index is 13.2. The number of nitrogens with one attached hydrogen (secondary N) is 2. The Kier molecular flexibility index (Phi) is 14.3. The van der Waals surface area contributed by atoms with E-state index < -0.39 is 39.7 Å². The van der Waals surface area contributed by atoms with Gasteiger partial charge < -0.3 is 34.6 Å². The number of anilines is 1. The zero-order valence-electron chi connectivity index (χ0n) is 35.0. The van der Waals surface area contributed by atoms with Crippen molar-refractivity contribution >= 4 is 73.4 Å². The molecule has 7 rings (SSSR count). The predicted molar refractivity (Wildman–Crippen MR) is 237 cm³/mol. The van der Waals surface area contributed by atoms with E-state index >= 15 is 0 Å². The Morgan fingerprint density at radius 2 is 1.60 bits per heavy atom. The molecule has 17 nitrogen and oxygen atoms in total. The van der Waals surface area contributed by atoms with Gasteiger partial charge in [-0.05, 0) is 62.1 Å². The summed E-state index contributed by atoms with van der Waals surface area (Å²) in [7, 11) is -3.33. The summed E-state index contributed by atoms with van der Waals surface area (Å²) < 4.78 is 51.1. The molecule has 0 saturated carbocycles. The van der Waals surface area contributed by atoms with Crippen molar-refractivity contribution in [1.82, 2.24) is 19.1 Å². The standard InChI is InChI=1S/C44H50N6O11S2/c1-27-23-31(13-15-49(27)63(2,56)57)48-26-34(28-5-3-6-29(24-28)41(45)62)32-10-9-30(25-36(32)48)46-39(52)14-16-58-17-18-59-19-20-60-21-22-61-37-8-4-7-33-40(37)44(55)50(43(33)54)35-11-12-38(51)47-42(35)53/h3-10,24-27,31,35H,11-23H2,1-2H3,(H2,45,62)(H,46,52)(H,47,51,53). The summed E-state index contributed by atoms with van der Waals surface area (Å²) in [5, 5.41) is 6.14. The number of hydrogen-bond donors (Lipinski definition) is 3. The Bertz CT molecular complexity index is 2540. The SMILES string of the molecule is CC1CC(n2cc(-c3cccc(C(N)=S)c3)c3ccc(NC(=O)CCOCCOCCOCCOc4cccc5c4C(=O)N(C4CCC(=O)NC4=O)C5=O)cc32)CCN1S(C)(=O)=O. The Morgan fingerprint density at radius 1 is 0.889 bits per heavy atom. The minimum Gasteiger partial charge on any atom is -0.490 e. The fourth-order valence-corrected chi connectivity index (χ4v) is 9.62. The van der Waals surface area contributed by atoms with Crippen LogP contribution in [0.4, 0.5) is 5.69 Å². The van der Waals surface area contributed by atoms with Gasteiger partial charge in [0.2, 0.25) is 27.7 Å². The molecule has 0 spiro atoms. The van der Waals surface area contributed by atoms with Gasteiger partial charge in [-0.1, -0.05) is 42.5 Å². The van der Waals surface area contributed by atoms with Crippen LogP contribution in [0, 0.1) is 0 Å². The van der Waals surface area contributed by atoms with E-state index in [1.807, 2.05) is 49.4 Å². The van der Waals surface area contributed by atoms with Gasteiger partial charge in [-0.25, -0.2) is 8.42 Å². The number of carbonyl (C=O) groups is 5. The minimum absolute atomic E-state index is 0.0287. The normalized spacial score (nSPS) is 19.3. The lowest BCUT2D eigenvalue weighted by atomic mass is 10.00. The maximum absolute atomic E-state index is 13.2. The molecule has 3 aromatic carbocycles. The van der Waals surface area contributed by atoms with Gasteiger partial charge in [0.1, 0.15) is 23.4 Å². The number of ether oxygens (including phenoxy) is 4. The second kappa shape index (κ2) is 19.9. The first-order valence-corrected chi connectivity index (χ1v) is 23.0. The molecule has 4 N–H and O–H groups in total. The number of thiocarbonyl (C=S) groups is 1. The molecule has 0 bridgehead atoms. The van der Waals surface area contributed by atoms with E-state index in [-0.39, 0.29) is 100 Å². The number of aromatic nitrogens is 1. The number of nitrogens with two attached hydrogens (primary N) is 1. The molecule has 3 aliphatic rings. The third-order valence-electron chi connectivity index (χ3n) is 11.3. The van der Waals surface area contributed by atoms with Crippen LogP contribution >= 0.6 is 12.2 Å². The molecule has 19 heteroatoms. The van der Waals surface area contributed by atoms with Gasteiger partial charge in [0.25, 0.3) is 11.8 Å². The topological polar surface area (TPSA) is 218 Å². The van der Waals surface area contributed by atoms with Crippen molar-refractivity contribution in [3.05, 3.63) is 83.6 Å². The molecule has 2 saturated heterocycles. The molecule has 3 unspecified atom stereocenters. The fraction of sp³-hybridized carbons (Fsp3) is 0.409. The zero-order valence-corrected chi connectivity index (χ0v) is 36.6. The third kappa shape index (κ3) is 10.5. The third-order valence-corrected chi connectivity index (χ3v) is 12.9. The van der Waals surface area contributed by atoms with Crippen molar-refractivity contribution in [2.75, 3.05) is 64.4 Å². The van der Waals surface area contributed by atoms with Gasteiger partial charge >= 0.3 is 0 Å². The molecule has 2 fully saturated rings. The second-order valence-electron chi connectivity index (χ2n) is 15.6. The largest absolute Gasteiger partial charge is 0.490 e. The number of sulfonamides is 1. The summed E-state index contributed by atoms with van der Waals surface area (Å²) in [6, 6.07) is 17.0. The highest BCUT2D eigenvalue weighted by Gasteiger charge is 2.46. The number of amides is 5. The van der Waals surface area contributed by atoms with Crippen LogP contribution in [0.5, 0.6) is 5.75 Å². The molecule has 3 aliphatic heterocycles. The van der Waals surface area contributed by atoms with Crippen molar-refractivity contribution < 1.29 is 51.3 Å². The van der Waals surface area contributed by atoms with E-state index in [4.69, 9.17) is 36.9 Å². The highest BCUT2D eigenvalue weighted by molar-refractivity contribution is 7.88. The van der Waals surface area contributed by atoms with Crippen LogP contribution in [0.25, 0.3) is 22.0 Å². The second-order valence-corrected chi connectivity index (χ2v) is 18.0. The molecule has 4 aromatic rings. The molecule has 5 amide bonds. The number of benzene rings is 3. The van der Waals surface area contributed by atoms with Crippen molar-refractivity contribution in [1.29, 1.82) is 0 Å². The zero-order chi connectivity index (χ0) is 44.8. The Hall–Kier alpha value is -5.57. The molecule has 1 aromatic heterocycles. The number of rotatable bonds is 19. The van der Waals surface area contributed by atoms with Crippen LogP contribution in [-0.2, 0) is 38.6 Å². The lowest BCUT2D eigenvalue weighted by Crippen LogP contribution is -2.54. The first-order chi connectivity index (χ1) is 30.2. The predicted octanol–water partition coefficient (Wildman–Crippen LogP) is 3.79. The van der Waals surface area contributed by atoms with Crippen LogP contribution in [0.2, 0.25) is 0 Å². The maximum Gasteiger partial charge on any atom is 0.266 e. The number of nitrogens with zero attached hydrogens (tertiary/aromatic N) is 3. The number of imide groups is 2. The van der Waals surface area contributed by atoms with Crippen molar-refractivity contribution in [2.24, 2.45) is 5.73 Å². The lowest BCUT2D eigenvalue weighted by molar-refractivity contribution is -0.136. The summed E-state index contributed by atoms with van der Waals surface area (Å²) in [6.07, 6.45) is 4.82. The van der Waals surface area contributed by atoms with Gasteiger partial charge in [0.05, 0.1) is 69.0 Å². The van der Waals surface area contributed by atoms with Crippen LogP contribution in [0.15, 0.2) is 66.9 Å². The van der Waals surface area contributed by atoms with Crippen molar-refractivity contribution in [3.63, 3.8) is 0 Å². The van der Waals surface area contributed by atoms with E-state index in [1.54, 1.807) is 16.4 Å². The summed E-state index contributed by atoms with van der Waals surface area (Å²) in [5.41, 5.74) is 10.4. The van der Waals surface area contributed by atoms with Gasteiger partial charge in [-0.2, -0.15) is 4.31 Å². The summed E-state index contributed by atoms with van der Waals surface area (Å²) in [5.74, 6) is -2.40. The van der Waals surface area contributed by atoms with Crippen molar-refractivity contribution in [3.8, 4) is 16.9 Å². The molecular formula is C44H50N6O11S2. The minimum atomic E-state index is -3.33. The van der Waals surface area contributed by atoms with E-state index in [1.165, 1.54) is 12.3 Å². The summed E-state index contributed by atoms with van der Waals surface area (Å²) in [4.78, 5) is 64.3. The summed E-state index contributed by atoms with van der Waals surface area (Å²) in [6.45, 7) is 3.90. The quantitative estimate of drug-likeness (QED) is 0.0695. The van der Waals surface area contributed by atoms with E-state index in [9.17, 15) is 32.4 Å². The van der Waals surface area contributed by atoms with Gasteiger partial charge in [0.15, 0.2) is 0 Å². The lowest BCUT2D eigenvalue weighted by Gasteiger charge is -2.36. The van der Waals surface area contributed by atoms with Crippen molar-refractivity contribution in [2.45, 2.75) is 57.2 Å². The average Bonchev–Trinajstić information content (AvgIpc) is 3.74.